The third-order valence-electron chi connectivity index (χ3n) is 3.99. The number of thioether (sulfide) groups is 1. The lowest BCUT2D eigenvalue weighted by molar-refractivity contribution is -0.123. The summed E-state index contributed by atoms with van der Waals surface area (Å²) in [6, 6.07) is 9.80. The summed E-state index contributed by atoms with van der Waals surface area (Å²) < 4.78 is 20.8. The van der Waals surface area contributed by atoms with Crippen molar-refractivity contribution in [1.29, 1.82) is 0 Å². The van der Waals surface area contributed by atoms with Crippen LogP contribution in [-0.4, -0.2) is 22.1 Å². The topological polar surface area (TPSA) is 46.6 Å². The van der Waals surface area contributed by atoms with E-state index in [0.29, 0.717) is 25.2 Å². The Labute approximate surface area is 183 Å². The first kappa shape index (κ1) is 21.1. The van der Waals surface area contributed by atoms with Gasteiger partial charge >= 0.3 is 0 Å². The second kappa shape index (κ2) is 8.80. The molecule has 146 valence electrons. The van der Waals surface area contributed by atoms with Crippen LogP contribution in [0.4, 0.5) is 9.18 Å². The van der Waals surface area contributed by atoms with Crippen LogP contribution < -0.4 is 4.74 Å². The Morgan fingerprint density at radius 3 is 2.39 bits per heavy atom. The van der Waals surface area contributed by atoms with Crippen LogP contribution >= 0.6 is 43.6 Å². The van der Waals surface area contributed by atoms with E-state index >= 15 is 0 Å². The maximum atomic E-state index is 13.8. The zero-order valence-electron chi connectivity index (χ0n) is 15.0. The van der Waals surface area contributed by atoms with Crippen molar-refractivity contribution in [2.45, 2.75) is 26.5 Å². The molecule has 0 spiro atoms. The van der Waals surface area contributed by atoms with Gasteiger partial charge in [-0.3, -0.25) is 14.5 Å². The largest absolute Gasteiger partial charge is 0.486 e. The molecule has 0 radical (unpaired) electrons. The molecule has 0 bridgehead atoms. The Kier molecular flexibility index (Phi) is 6.62. The van der Waals surface area contributed by atoms with E-state index in [9.17, 15) is 14.0 Å². The SMILES string of the molecule is CC(C)N1C(=O)SC(=Cc2cc(Br)c(OCc3ccccc3F)c(Br)c2)C1=O. The second-order valence-electron chi connectivity index (χ2n) is 6.34. The molecule has 0 atom stereocenters. The van der Waals surface area contributed by atoms with Crippen LogP contribution in [0, 0.1) is 5.82 Å². The fourth-order valence-corrected chi connectivity index (χ4v) is 5.05. The number of ether oxygens (including phenoxy) is 1. The van der Waals surface area contributed by atoms with Gasteiger partial charge in [0.05, 0.1) is 13.9 Å². The van der Waals surface area contributed by atoms with Crippen LogP contribution in [0.15, 0.2) is 50.2 Å². The summed E-state index contributed by atoms with van der Waals surface area (Å²) in [5.74, 6) is -0.0972. The van der Waals surface area contributed by atoms with Crippen molar-refractivity contribution in [2.75, 3.05) is 0 Å². The van der Waals surface area contributed by atoms with Crippen molar-refractivity contribution in [3.63, 3.8) is 0 Å². The number of carbonyl (C=O) groups is 2. The molecule has 1 aliphatic rings. The van der Waals surface area contributed by atoms with E-state index in [-0.39, 0.29) is 29.6 Å². The number of amides is 2. The van der Waals surface area contributed by atoms with E-state index in [4.69, 9.17) is 4.74 Å². The predicted octanol–water partition coefficient (Wildman–Crippen LogP) is 6.37. The van der Waals surface area contributed by atoms with Gasteiger partial charge in [0, 0.05) is 11.6 Å². The number of benzene rings is 2. The molecule has 2 amide bonds. The minimum absolute atomic E-state index is 0.0799. The number of hydrogen-bond donors (Lipinski definition) is 0. The Morgan fingerprint density at radius 1 is 1.18 bits per heavy atom. The van der Waals surface area contributed by atoms with E-state index in [1.807, 2.05) is 0 Å². The summed E-state index contributed by atoms with van der Waals surface area (Å²) >= 11 is 7.83. The third-order valence-corrected chi connectivity index (χ3v) is 6.05. The van der Waals surface area contributed by atoms with Gasteiger partial charge in [0.15, 0.2) is 0 Å². The van der Waals surface area contributed by atoms with Gasteiger partial charge in [-0.15, -0.1) is 0 Å². The maximum absolute atomic E-state index is 13.8. The minimum atomic E-state index is -0.327. The fourth-order valence-electron chi connectivity index (χ4n) is 2.64. The smallest absolute Gasteiger partial charge is 0.293 e. The predicted molar refractivity (Wildman–Crippen MR) is 116 cm³/mol. The number of halogens is 3. The Morgan fingerprint density at radius 2 is 1.82 bits per heavy atom. The second-order valence-corrected chi connectivity index (χ2v) is 9.04. The van der Waals surface area contributed by atoms with Crippen molar-refractivity contribution < 1.29 is 18.7 Å². The molecule has 4 nitrogen and oxygen atoms in total. The highest BCUT2D eigenvalue weighted by Gasteiger charge is 2.36. The summed E-state index contributed by atoms with van der Waals surface area (Å²) in [5, 5.41) is -0.269. The van der Waals surface area contributed by atoms with Crippen LogP contribution in [0.3, 0.4) is 0 Å². The van der Waals surface area contributed by atoms with Gasteiger partial charge in [-0.2, -0.15) is 0 Å². The van der Waals surface area contributed by atoms with Gasteiger partial charge in [0.25, 0.3) is 11.1 Å². The van der Waals surface area contributed by atoms with E-state index < -0.39 is 0 Å². The number of rotatable bonds is 5. The molecule has 0 saturated carbocycles. The quantitative estimate of drug-likeness (QED) is 0.423. The van der Waals surface area contributed by atoms with Crippen molar-refractivity contribution in [2.24, 2.45) is 0 Å². The lowest BCUT2D eigenvalue weighted by Gasteiger charge is -2.16. The molecule has 1 aliphatic heterocycles. The maximum Gasteiger partial charge on any atom is 0.293 e. The number of carbonyl (C=O) groups excluding carboxylic acids is 2. The molecule has 3 rings (SSSR count). The van der Waals surface area contributed by atoms with Gasteiger partial charge in [0.1, 0.15) is 18.2 Å². The average Bonchev–Trinajstić information content (AvgIpc) is 2.89. The monoisotopic (exact) mass is 527 g/mol. The average molecular weight is 529 g/mol. The van der Waals surface area contributed by atoms with Crippen LogP contribution in [0.1, 0.15) is 25.0 Å². The van der Waals surface area contributed by atoms with Gasteiger partial charge < -0.3 is 4.74 Å². The zero-order valence-corrected chi connectivity index (χ0v) is 19.0. The molecule has 2 aromatic rings. The first-order valence-corrected chi connectivity index (χ1v) is 10.8. The summed E-state index contributed by atoms with van der Waals surface area (Å²) in [6.07, 6.45) is 1.67. The van der Waals surface area contributed by atoms with Gasteiger partial charge in [-0.25, -0.2) is 4.39 Å². The first-order valence-electron chi connectivity index (χ1n) is 8.40. The lowest BCUT2D eigenvalue weighted by Crippen LogP contribution is -2.34. The Balaban J connectivity index is 1.82. The van der Waals surface area contributed by atoms with Crippen LogP contribution in [0.5, 0.6) is 5.75 Å². The molecule has 0 unspecified atom stereocenters. The van der Waals surface area contributed by atoms with E-state index in [1.165, 1.54) is 11.0 Å². The summed E-state index contributed by atoms with van der Waals surface area (Å²) in [4.78, 5) is 26.1. The molecule has 2 aromatic carbocycles. The van der Waals surface area contributed by atoms with Crippen molar-refractivity contribution in [3.05, 3.63) is 67.2 Å². The molecule has 0 aromatic heterocycles. The molecule has 0 N–H and O–H groups in total. The van der Waals surface area contributed by atoms with Gasteiger partial charge in [-0.1, -0.05) is 18.2 Å². The highest BCUT2D eigenvalue weighted by Crippen LogP contribution is 2.38. The molecule has 1 heterocycles. The Hall–Kier alpha value is -1.64. The molecule has 8 heteroatoms. The number of hydrogen-bond acceptors (Lipinski definition) is 4. The van der Waals surface area contributed by atoms with Crippen LogP contribution in [-0.2, 0) is 11.4 Å². The number of imide groups is 1. The summed E-state index contributed by atoms with van der Waals surface area (Å²) in [7, 11) is 0. The molecular weight excluding hydrogens is 513 g/mol. The van der Waals surface area contributed by atoms with Crippen molar-refractivity contribution >= 4 is 60.8 Å². The highest BCUT2D eigenvalue weighted by molar-refractivity contribution is 9.11. The molecule has 1 fully saturated rings. The molecule has 1 saturated heterocycles. The van der Waals surface area contributed by atoms with E-state index in [2.05, 4.69) is 31.9 Å². The molecule has 28 heavy (non-hydrogen) atoms. The van der Waals surface area contributed by atoms with Crippen LogP contribution in [0.2, 0.25) is 0 Å². The fraction of sp³-hybridized carbons (Fsp3) is 0.200. The summed E-state index contributed by atoms with van der Waals surface area (Å²) in [6.45, 7) is 3.68. The zero-order chi connectivity index (χ0) is 20.4. The highest BCUT2D eigenvalue weighted by atomic mass is 79.9. The van der Waals surface area contributed by atoms with Crippen LogP contribution in [0.25, 0.3) is 6.08 Å². The van der Waals surface area contributed by atoms with E-state index in [0.717, 1.165) is 17.3 Å². The summed E-state index contributed by atoms with van der Waals surface area (Å²) in [5.41, 5.74) is 1.18. The molecular formula is C20H16Br2FNO3S. The minimum Gasteiger partial charge on any atom is -0.486 e. The Bertz CT molecular complexity index is 955. The van der Waals surface area contributed by atoms with Crippen molar-refractivity contribution in [1.82, 2.24) is 4.90 Å². The van der Waals surface area contributed by atoms with Gasteiger partial charge in [0.2, 0.25) is 0 Å². The van der Waals surface area contributed by atoms with E-state index in [1.54, 1.807) is 50.3 Å². The molecule has 0 aliphatic carbocycles. The van der Waals surface area contributed by atoms with Gasteiger partial charge in [-0.05, 0) is 87.3 Å². The standard InChI is InChI=1S/C20H16Br2FNO3S/c1-11(2)24-19(25)17(28-20(24)26)9-12-7-14(21)18(15(22)8-12)27-10-13-5-3-4-6-16(13)23/h3-9,11H,10H2,1-2H3. The lowest BCUT2D eigenvalue weighted by atomic mass is 10.2. The number of nitrogens with zero attached hydrogens (tertiary/aromatic N) is 1. The first-order chi connectivity index (χ1) is 13.3. The normalized spacial score (nSPS) is 15.8. The van der Waals surface area contributed by atoms with Crippen molar-refractivity contribution in [3.8, 4) is 5.75 Å². The third kappa shape index (κ3) is 4.50.